The molecule has 120 valence electrons. The summed E-state index contributed by atoms with van der Waals surface area (Å²) in [6.45, 7) is 2.48. The number of fused-ring (bicyclic) bond motifs is 1. The molecule has 5 heteroatoms. The smallest absolute Gasteiger partial charge is 0.261 e. The van der Waals surface area contributed by atoms with Crippen molar-refractivity contribution < 1.29 is 4.79 Å². The molecular formula is C18H19ClN2O2. The molecule has 2 aromatic rings. The molecule has 0 aliphatic heterocycles. The van der Waals surface area contributed by atoms with Gasteiger partial charge in [-0.3, -0.25) is 9.59 Å². The van der Waals surface area contributed by atoms with Crippen LogP contribution in [-0.4, -0.2) is 10.9 Å². The van der Waals surface area contributed by atoms with Crippen LogP contribution in [0.2, 0.25) is 5.02 Å². The van der Waals surface area contributed by atoms with E-state index in [0.29, 0.717) is 17.5 Å². The van der Waals surface area contributed by atoms with E-state index in [9.17, 15) is 9.59 Å². The fraction of sp³-hybridized carbons (Fsp3) is 0.333. The molecule has 1 unspecified atom stereocenters. The second-order valence-corrected chi connectivity index (χ2v) is 6.55. The van der Waals surface area contributed by atoms with Crippen LogP contribution in [0.15, 0.2) is 35.1 Å². The first-order valence-corrected chi connectivity index (χ1v) is 8.19. The standard InChI is InChI=1S/C18H19ClN2O2/c1-11-6-7-16-13(8-11)9-14(18(23)21-16)17(22)20-10-12-4-2-3-5-15(12)19/h2-5,9,11H,6-8,10H2,1H3,(H,20,22)(H,21,23). The molecule has 0 radical (unpaired) electrons. The Hall–Kier alpha value is -2.07. The number of halogens is 1. The Morgan fingerprint density at radius 3 is 2.96 bits per heavy atom. The number of hydrogen-bond acceptors (Lipinski definition) is 2. The van der Waals surface area contributed by atoms with E-state index >= 15 is 0 Å². The van der Waals surface area contributed by atoms with Crippen molar-refractivity contribution in [2.45, 2.75) is 32.7 Å². The summed E-state index contributed by atoms with van der Waals surface area (Å²) in [5.41, 5.74) is 2.72. The van der Waals surface area contributed by atoms with E-state index < -0.39 is 0 Å². The number of aromatic amines is 1. The Labute approximate surface area is 139 Å². The lowest BCUT2D eigenvalue weighted by Crippen LogP contribution is -2.31. The first-order chi connectivity index (χ1) is 11.0. The third kappa shape index (κ3) is 3.48. The Bertz CT molecular complexity index is 798. The molecule has 1 amide bonds. The van der Waals surface area contributed by atoms with Gasteiger partial charge in [0.1, 0.15) is 5.56 Å². The molecule has 4 nitrogen and oxygen atoms in total. The van der Waals surface area contributed by atoms with E-state index in [1.165, 1.54) is 0 Å². The molecule has 1 aliphatic carbocycles. The van der Waals surface area contributed by atoms with Gasteiger partial charge in [-0.1, -0.05) is 36.7 Å². The lowest BCUT2D eigenvalue weighted by molar-refractivity contribution is 0.0949. The lowest BCUT2D eigenvalue weighted by Gasteiger charge is -2.21. The molecule has 0 fully saturated rings. The summed E-state index contributed by atoms with van der Waals surface area (Å²) in [6, 6.07) is 9.06. The molecule has 1 heterocycles. The summed E-state index contributed by atoms with van der Waals surface area (Å²) in [5, 5.41) is 3.37. The van der Waals surface area contributed by atoms with Crippen molar-refractivity contribution >= 4 is 17.5 Å². The number of rotatable bonds is 3. The maximum Gasteiger partial charge on any atom is 0.261 e. The Kier molecular flexibility index (Phi) is 4.53. The molecule has 1 aromatic heterocycles. The minimum absolute atomic E-state index is 0.171. The molecule has 2 N–H and O–H groups in total. The molecule has 1 aromatic carbocycles. The van der Waals surface area contributed by atoms with Gasteiger partial charge in [0.05, 0.1) is 0 Å². The highest BCUT2D eigenvalue weighted by molar-refractivity contribution is 6.31. The van der Waals surface area contributed by atoms with Crippen LogP contribution in [0.25, 0.3) is 0 Å². The fourth-order valence-corrected chi connectivity index (χ4v) is 3.17. The summed E-state index contributed by atoms with van der Waals surface area (Å²) in [6.07, 6.45) is 2.84. The first kappa shape index (κ1) is 15.8. The van der Waals surface area contributed by atoms with Gasteiger partial charge < -0.3 is 10.3 Å². The van der Waals surface area contributed by atoms with Crippen LogP contribution in [0.5, 0.6) is 0 Å². The zero-order chi connectivity index (χ0) is 16.4. The minimum atomic E-state index is -0.368. The zero-order valence-corrected chi connectivity index (χ0v) is 13.7. The molecule has 3 rings (SSSR count). The molecule has 1 aliphatic rings. The number of aryl methyl sites for hydroxylation is 1. The highest BCUT2D eigenvalue weighted by atomic mass is 35.5. The zero-order valence-electron chi connectivity index (χ0n) is 13.0. The van der Waals surface area contributed by atoms with Gasteiger partial charge >= 0.3 is 0 Å². The van der Waals surface area contributed by atoms with Gasteiger partial charge in [0.15, 0.2) is 0 Å². The summed E-state index contributed by atoms with van der Waals surface area (Å²) in [7, 11) is 0. The van der Waals surface area contributed by atoms with Crippen LogP contribution in [0.1, 0.15) is 40.5 Å². The highest BCUT2D eigenvalue weighted by Gasteiger charge is 2.20. The number of amides is 1. The van der Waals surface area contributed by atoms with Crippen LogP contribution in [0.3, 0.4) is 0 Å². The maximum atomic E-state index is 12.3. The SMILES string of the molecule is CC1CCc2[nH]c(=O)c(C(=O)NCc3ccccc3Cl)cc2C1. The maximum absolute atomic E-state index is 12.3. The Morgan fingerprint density at radius 2 is 2.17 bits per heavy atom. The predicted molar refractivity (Wildman–Crippen MR) is 90.9 cm³/mol. The van der Waals surface area contributed by atoms with Crippen molar-refractivity contribution in [2.24, 2.45) is 5.92 Å². The molecule has 0 saturated carbocycles. The van der Waals surface area contributed by atoms with Crippen molar-refractivity contribution in [1.82, 2.24) is 10.3 Å². The molecular weight excluding hydrogens is 312 g/mol. The number of carbonyl (C=O) groups excluding carboxylic acids is 1. The van der Waals surface area contributed by atoms with Crippen molar-refractivity contribution in [3.8, 4) is 0 Å². The molecule has 0 saturated heterocycles. The topological polar surface area (TPSA) is 62.0 Å². The van der Waals surface area contributed by atoms with Gasteiger partial charge in [-0.2, -0.15) is 0 Å². The van der Waals surface area contributed by atoms with Gasteiger partial charge in [-0.25, -0.2) is 0 Å². The van der Waals surface area contributed by atoms with Crippen LogP contribution >= 0.6 is 11.6 Å². The fourth-order valence-electron chi connectivity index (χ4n) is 2.97. The van der Waals surface area contributed by atoms with E-state index in [-0.39, 0.29) is 17.0 Å². The third-order valence-corrected chi connectivity index (χ3v) is 4.68. The average molecular weight is 331 g/mol. The normalized spacial score (nSPS) is 16.7. The van der Waals surface area contributed by atoms with Crippen LogP contribution < -0.4 is 10.9 Å². The summed E-state index contributed by atoms with van der Waals surface area (Å²) >= 11 is 6.08. The van der Waals surface area contributed by atoms with E-state index in [1.54, 1.807) is 12.1 Å². The second-order valence-electron chi connectivity index (χ2n) is 6.14. The van der Waals surface area contributed by atoms with Crippen molar-refractivity contribution in [3.63, 3.8) is 0 Å². The Morgan fingerprint density at radius 1 is 1.39 bits per heavy atom. The van der Waals surface area contributed by atoms with Gasteiger partial charge in [-0.05, 0) is 48.4 Å². The molecule has 0 spiro atoms. The van der Waals surface area contributed by atoms with Gasteiger partial charge in [0.2, 0.25) is 0 Å². The van der Waals surface area contributed by atoms with Gasteiger partial charge in [-0.15, -0.1) is 0 Å². The summed E-state index contributed by atoms with van der Waals surface area (Å²) in [5.74, 6) is 0.208. The summed E-state index contributed by atoms with van der Waals surface area (Å²) < 4.78 is 0. The van der Waals surface area contributed by atoms with E-state index in [2.05, 4.69) is 17.2 Å². The number of aromatic nitrogens is 1. The molecule has 0 bridgehead atoms. The van der Waals surface area contributed by atoms with Crippen LogP contribution in [0, 0.1) is 5.92 Å². The monoisotopic (exact) mass is 330 g/mol. The van der Waals surface area contributed by atoms with Crippen LogP contribution in [-0.2, 0) is 19.4 Å². The quantitative estimate of drug-likeness (QED) is 0.908. The number of benzene rings is 1. The number of nitrogens with one attached hydrogen (secondary N) is 2. The van der Waals surface area contributed by atoms with E-state index in [4.69, 9.17) is 11.6 Å². The first-order valence-electron chi connectivity index (χ1n) is 7.81. The highest BCUT2D eigenvalue weighted by Crippen LogP contribution is 2.23. The largest absolute Gasteiger partial charge is 0.348 e. The molecule has 23 heavy (non-hydrogen) atoms. The van der Waals surface area contributed by atoms with Gasteiger partial charge in [0.25, 0.3) is 11.5 Å². The number of H-pyrrole nitrogens is 1. The minimum Gasteiger partial charge on any atom is -0.348 e. The number of carbonyl (C=O) groups is 1. The number of hydrogen-bond donors (Lipinski definition) is 2. The van der Waals surface area contributed by atoms with Crippen molar-refractivity contribution in [3.05, 3.63) is 68.1 Å². The predicted octanol–water partition coefficient (Wildman–Crippen LogP) is 3.08. The van der Waals surface area contributed by atoms with E-state index in [0.717, 1.165) is 36.1 Å². The Balaban J connectivity index is 1.79. The number of pyridine rings is 1. The van der Waals surface area contributed by atoms with Crippen LogP contribution in [0.4, 0.5) is 0 Å². The third-order valence-electron chi connectivity index (χ3n) is 4.31. The van der Waals surface area contributed by atoms with E-state index in [1.807, 2.05) is 18.2 Å². The average Bonchev–Trinajstić information content (AvgIpc) is 2.53. The molecule has 1 atom stereocenters. The summed E-state index contributed by atoms with van der Waals surface area (Å²) in [4.78, 5) is 27.4. The second kappa shape index (κ2) is 6.59. The lowest BCUT2D eigenvalue weighted by atomic mass is 9.87. The van der Waals surface area contributed by atoms with Gasteiger partial charge in [0, 0.05) is 17.3 Å². The van der Waals surface area contributed by atoms with Crippen molar-refractivity contribution in [2.75, 3.05) is 0 Å². The van der Waals surface area contributed by atoms with Crippen molar-refractivity contribution in [1.29, 1.82) is 0 Å².